The Labute approximate surface area is 132 Å². The van der Waals surface area contributed by atoms with Gasteiger partial charge in [-0.15, -0.1) is 0 Å². The van der Waals surface area contributed by atoms with Gasteiger partial charge in [0, 0.05) is 26.2 Å². The summed E-state index contributed by atoms with van der Waals surface area (Å²) in [5.74, 6) is 0.804. The van der Waals surface area contributed by atoms with Crippen LogP contribution in [0.3, 0.4) is 0 Å². The minimum atomic E-state index is -0.0188. The molecule has 1 aliphatic heterocycles. The topological polar surface area (TPSA) is 56.7 Å². The molecule has 1 heterocycles. The number of hydrogen-bond acceptors (Lipinski definition) is 2. The molecular formula is C17H26N4O. The van der Waals surface area contributed by atoms with Crippen LogP contribution in [0.15, 0.2) is 29.3 Å². The summed E-state index contributed by atoms with van der Waals surface area (Å²) in [5, 5.41) is 6.15. The van der Waals surface area contributed by atoms with Crippen molar-refractivity contribution in [3.63, 3.8) is 0 Å². The highest BCUT2D eigenvalue weighted by atomic mass is 16.1. The molecule has 2 rings (SSSR count). The van der Waals surface area contributed by atoms with E-state index in [1.54, 1.807) is 0 Å². The Kier molecular flexibility index (Phi) is 6.25. The molecule has 0 bridgehead atoms. The molecule has 1 aromatic rings. The molecule has 1 amide bonds. The highest BCUT2D eigenvalue weighted by Crippen LogP contribution is 2.18. The van der Waals surface area contributed by atoms with E-state index in [1.165, 1.54) is 11.1 Å². The van der Waals surface area contributed by atoms with Crippen molar-refractivity contribution in [3.05, 3.63) is 35.4 Å². The van der Waals surface area contributed by atoms with Gasteiger partial charge in [0.2, 0.25) is 5.91 Å². The number of carbonyl (C=O) groups is 1. The second kappa shape index (κ2) is 8.41. The van der Waals surface area contributed by atoms with Gasteiger partial charge >= 0.3 is 0 Å². The Morgan fingerprint density at radius 1 is 1.23 bits per heavy atom. The summed E-state index contributed by atoms with van der Waals surface area (Å²) >= 11 is 0. The number of nitrogens with one attached hydrogen (secondary N) is 2. The van der Waals surface area contributed by atoms with E-state index in [4.69, 9.17) is 0 Å². The van der Waals surface area contributed by atoms with Crippen LogP contribution in [-0.2, 0) is 17.8 Å². The van der Waals surface area contributed by atoms with Crippen LogP contribution in [0.2, 0.25) is 0 Å². The van der Waals surface area contributed by atoms with Crippen LogP contribution in [0, 0.1) is 0 Å². The molecule has 120 valence electrons. The number of nitrogens with zero attached hydrogens (tertiary/aromatic N) is 2. The first-order chi connectivity index (χ1) is 10.7. The maximum atomic E-state index is 11.7. The van der Waals surface area contributed by atoms with Crippen molar-refractivity contribution in [2.45, 2.75) is 33.2 Å². The summed E-state index contributed by atoms with van der Waals surface area (Å²) in [6.07, 6.45) is 1.96. The van der Waals surface area contributed by atoms with E-state index < -0.39 is 0 Å². The molecule has 0 aliphatic carbocycles. The van der Waals surface area contributed by atoms with Gasteiger partial charge in [-0.2, -0.15) is 0 Å². The van der Waals surface area contributed by atoms with Crippen molar-refractivity contribution in [1.82, 2.24) is 15.5 Å². The van der Waals surface area contributed by atoms with Gasteiger partial charge in [0.25, 0.3) is 0 Å². The van der Waals surface area contributed by atoms with Crippen molar-refractivity contribution in [2.75, 3.05) is 26.2 Å². The maximum absolute atomic E-state index is 11.7. The quantitative estimate of drug-likeness (QED) is 0.641. The Hall–Kier alpha value is -2.04. The number of fused-ring (bicyclic) bond motifs is 1. The van der Waals surface area contributed by atoms with Crippen molar-refractivity contribution < 1.29 is 4.79 Å². The number of rotatable bonds is 5. The largest absolute Gasteiger partial charge is 0.356 e. The first-order valence-corrected chi connectivity index (χ1v) is 8.11. The first kappa shape index (κ1) is 16.3. The van der Waals surface area contributed by atoms with Gasteiger partial charge in [0.1, 0.15) is 6.54 Å². The molecule has 0 aromatic heterocycles. The van der Waals surface area contributed by atoms with E-state index >= 15 is 0 Å². The van der Waals surface area contributed by atoms with E-state index in [9.17, 15) is 4.79 Å². The SMILES string of the molecule is CCCNC(=O)CN=C(NCC)N1CCc2ccccc2C1. The van der Waals surface area contributed by atoms with Gasteiger partial charge in [-0.25, -0.2) is 4.99 Å². The lowest BCUT2D eigenvalue weighted by atomic mass is 10.0. The molecule has 0 unspecified atom stereocenters. The Morgan fingerprint density at radius 2 is 2.00 bits per heavy atom. The van der Waals surface area contributed by atoms with E-state index in [0.717, 1.165) is 38.4 Å². The zero-order valence-electron chi connectivity index (χ0n) is 13.6. The predicted octanol–water partition coefficient (Wildman–Crippen LogP) is 1.54. The third-order valence-electron chi connectivity index (χ3n) is 3.71. The van der Waals surface area contributed by atoms with Crippen molar-refractivity contribution in [1.29, 1.82) is 0 Å². The van der Waals surface area contributed by atoms with E-state index in [0.29, 0.717) is 6.54 Å². The molecule has 0 radical (unpaired) electrons. The van der Waals surface area contributed by atoms with Gasteiger partial charge < -0.3 is 15.5 Å². The zero-order chi connectivity index (χ0) is 15.8. The zero-order valence-corrected chi connectivity index (χ0v) is 13.6. The summed E-state index contributed by atoms with van der Waals surface area (Å²) in [6, 6.07) is 8.52. The van der Waals surface area contributed by atoms with Gasteiger partial charge in [-0.1, -0.05) is 31.2 Å². The molecule has 22 heavy (non-hydrogen) atoms. The summed E-state index contributed by atoms with van der Waals surface area (Å²) < 4.78 is 0. The fraction of sp³-hybridized carbons (Fsp3) is 0.529. The van der Waals surface area contributed by atoms with E-state index in [1.807, 2.05) is 13.8 Å². The van der Waals surface area contributed by atoms with Crippen LogP contribution in [0.5, 0.6) is 0 Å². The third kappa shape index (κ3) is 4.48. The highest BCUT2D eigenvalue weighted by Gasteiger charge is 2.18. The predicted molar refractivity (Wildman–Crippen MR) is 89.8 cm³/mol. The van der Waals surface area contributed by atoms with Crippen LogP contribution < -0.4 is 10.6 Å². The van der Waals surface area contributed by atoms with Crippen LogP contribution in [0.4, 0.5) is 0 Å². The second-order valence-corrected chi connectivity index (χ2v) is 5.46. The molecular weight excluding hydrogens is 276 g/mol. The fourth-order valence-electron chi connectivity index (χ4n) is 2.57. The van der Waals surface area contributed by atoms with E-state index in [-0.39, 0.29) is 12.5 Å². The lowest BCUT2D eigenvalue weighted by Crippen LogP contribution is -2.44. The number of aliphatic imine (C=N–C) groups is 1. The number of carbonyl (C=O) groups excluding carboxylic acids is 1. The molecule has 0 atom stereocenters. The van der Waals surface area contributed by atoms with Gasteiger partial charge in [-0.05, 0) is 30.9 Å². The summed E-state index contributed by atoms with van der Waals surface area (Å²) in [4.78, 5) is 18.4. The number of amides is 1. The molecule has 0 saturated carbocycles. The average Bonchev–Trinajstić information content (AvgIpc) is 2.56. The summed E-state index contributed by atoms with van der Waals surface area (Å²) in [5.41, 5.74) is 2.75. The third-order valence-corrected chi connectivity index (χ3v) is 3.71. The monoisotopic (exact) mass is 302 g/mol. The minimum absolute atomic E-state index is 0.0188. The van der Waals surface area contributed by atoms with Gasteiger partial charge in [-0.3, -0.25) is 4.79 Å². The van der Waals surface area contributed by atoms with Gasteiger partial charge in [0.05, 0.1) is 0 Å². The molecule has 5 nitrogen and oxygen atoms in total. The maximum Gasteiger partial charge on any atom is 0.241 e. The van der Waals surface area contributed by atoms with Crippen molar-refractivity contribution in [3.8, 4) is 0 Å². The number of hydrogen-bond donors (Lipinski definition) is 2. The second-order valence-electron chi connectivity index (χ2n) is 5.46. The molecule has 2 N–H and O–H groups in total. The normalized spacial score (nSPS) is 14.5. The lowest BCUT2D eigenvalue weighted by Gasteiger charge is -2.31. The first-order valence-electron chi connectivity index (χ1n) is 8.11. The van der Waals surface area contributed by atoms with Crippen molar-refractivity contribution in [2.24, 2.45) is 4.99 Å². The Morgan fingerprint density at radius 3 is 2.73 bits per heavy atom. The van der Waals surface area contributed by atoms with Crippen molar-refractivity contribution >= 4 is 11.9 Å². The lowest BCUT2D eigenvalue weighted by molar-refractivity contribution is -0.119. The van der Waals surface area contributed by atoms with E-state index in [2.05, 4.69) is 44.8 Å². The van der Waals surface area contributed by atoms with Crippen LogP contribution in [0.25, 0.3) is 0 Å². The standard InChI is InChI=1S/C17H26N4O/c1-3-10-19-16(22)12-20-17(18-4-2)21-11-9-14-7-5-6-8-15(14)13-21/h5-8H,3-4,9-13H2,1-2H3,(H,18,20)(H,19,22). The molecule has 0 spiro atoms. The van der Waals surface area contributed by atoms with Crippen LogP contribution >= 0.6 is 0 Å². The highest BCUT2D eigenvalue weighted by molar-refractivity contribution is 5.85. The Bertz CT molecular complexity index is 527. The average molecular weight is 302 g/mol. The minimum Gasteiger partial charge on any atom is -0.356 e. The number of benzene rings is 1. The molecule has 1 aromatic carbocycles. The fourth-order valence-corrected chi connectivity index (χ4v) is 2.57. The molecule has 1 aliphatic rings. The van der Waals surface area contributed by atoms with Gasteiger partial charge in [0.15, 0.2) is 5.96 Å². The van der Waals surface area contributed by atoms with Crippen LogP contribution in [0.1, 0.15) is 31.4 Å². The smallest absolute Gasteiger partial charge is 0.241 e. The summed E-state index contributed by atoms with van der Waals surface area (Å²) in [7, 11) is 0. The van der Waals surface area contributed by atoms with Crippen LogP contribution in [-0.4, -0.2) is 42.9 Å². The summed E-state index contributed by atoms with van der Waals surface area (Å²) in [6.45, 7) is 7.55. The molecule has 5 heteroatoms. The molecule has 0 saturated heterocycles. The number of guanidine groups is 1. The molecule has 0 fully saturated rings. The Balaban J connectivity index is 2.01.